The molecule has 0 saturated heterocycles. The first-order chi connectivity index (χ1) is 14.8. The SMILES string of the molecule is COc1ccc(C2=CC=NC=NCC=C2)c2nc(NC(=O)N(C)CCC(C)(C)O)[nH]c12. The molecule has 2 aromatic rings. The van der Waals surface area contributed by atoms with Crippen LogP contribution in [0.1, 0.15) is 25.8 Å². The maximum Gasteiger partial charge on any atom is 0.323 e. The van der Waals surface area contributed by atoms with E-state index in [-0.39, 0.29) is 6.03 Å². The molecule has 1 aromatic carbocycles. The predicted molar refractivity (Wildman–Crippen MR) is 124 cm³/mol. The van der Waals surface area contributed by atoms with Crippen LogP contribution in [0.5, 0.6) is 5.75 Å². The van der Waals surface area contributed by atoms with E-state index < -0.39 is 5.60 Å². The summed E-state index contributed by atoms with van der Waals surface area (Å²) in [6, 6.07) is 3.45. The Morgan fingerprint density at radius 1 is 1.39 bits per heavy atom. The highest BCUT2D eigenvalue weighted by Gasteiger charge is 2.19. The summed E-state index contributed by atoms with van der Waals surface area (Å²) in [4.78, 5) is 30.1. The minimum Gasteiger partial charge on any atom is -0.494 e. The Bertz CT molecular complexity index is 1060. The van der Waals surface area contributed by atoms with Crippen molar-refractivity contribution in [2.24, 2.45) is 9.98 Å². The number of nitrogens with zero attached hydrogens (tertiary/aromatic N) is 4. The van der Waals surface area contributed by atoms with Crippen molar-refractivity contribution in [3.05, 3.63) is 35.9 Å². The number of hydrogen-bond acceptors (Lipinski definition) is 6. The van der Waals surface area contributed by atoms with Crippen LogP contribution in [0.3, 0.4) is 0 Å². The number of aliphatic imine (C=N–C) groups is 2. The van der Waals surface area contributed by atoms with Crippen molar-refractivity contribution < 1.29 is 14.6 Å². The Labute approximate surface area is 181 Å². The summed E-state index contributed by atoms with van der Waals surface area (Å²) in [6.45, 7) is 4.36. The van der Waals surface area contributed by atoms with Crippen molar-refractivity contribution in [2.75, 3.05) is 32.6 Å². The van der Waals surface area contributed by atoms with Gasteiger partial charge in [-0.15, -0.1) is 0 Å². The molecule has 2 amide bonds. The molecule has 1 aromatic heterocycles. The normalized spacial score (nSPS) is 14.0. The van der Waals surface area contributed by atoms with Crippen molar-refractivity contribution in [1.82, 2.24) is 14.9 Å². The zero-order valence-electron chi connectivity index (χ0n) is 18.2. The van der Waals surface area contributed by atoms with Gasteiger partial charge in [-0.3, -0.25) is 10.3 Å². The molecule has 0 saturated carbocycles. The van der Waals surface area contributed by atoms with E-state index in [2.05, 4.69) is 25.3 Å². The monoisotopic (exact) mass is 424 g/mol. The molecule has 0 fully saturated rings. The van der Waals surface area contributed by atoms with Gasteiger partial charge in [0.2, 0.25) is 5.95 Å². The molecule has 3 N–H and O–H groups in total. The lowest BCUT2D eigenvalue weighted by Crippen LogP contribution is -2.35. The van der Waals surface area contributed by atoms with Gasteiger partial charge in [-0.2, -0.15) is 0 Å². The van der Waals surface area contributed by atoms with Gasteiger partial charge in [0.1, 0.15) is 23.1 Å². The van der Waals surface area contributed by atoms with Gasteiger partial charge in [0, 0.05) is 25.4 Å². The van der Waals surface area contributed by atoms with Crippen LogP contribution in [0.4, 0.5) is 10.7 Å². The fourth-order valence-electron chi connectivity index (χ4n) is 3.00. The smallest absolute Gasteiger partial charge is 0.323 e. The maximum atomic E-state index is 12.6. The number of allylic oxidation sites excluding steroid dienone is 3. The van der Waals surface area contributed by atoms with Crippen molar-refractivity contribution >= 4 is 41.1 Å². The summed E-state index contributed by atoms with van der Waals surface area (Å²) < 4.78 is 5.47. The van der Waals surface area contributed by atoms with Crippen molar-refractivity contribution in [1.29, 1.82) is 0 Å². The number of fused-ring (bicyclic) bond motifs is 1. The van der Waals surface area contributed by atoms with E-state index in [0.717, 1.165) is 11.1 Å². The van der Waals surface area contributed by atoms with E-state index in [1.165, 1.54) is 11.2 Å². The molecule has 0 atom stereocenters. The number of nitrogens with one attached hydrogen (secondary N) is 2. The Morgan fingerprint density at radius 3 is 2.94 bits per heavy atom. The minimum absolute atomic E-state index is 0.311. The Hall–Kier alpha value is -3.46. The van der Waals surface area contributed by atoms with E-state index >= 15 is 0 Å². The van der Waals surface area contributed by atoms with Crippen LogP contribution in [-0.4, -0.2) is 71.4 Å². The lowest BCUT2D eigenvalue weighted by atomic mass is 10.0. The fraction of sp³-hybridized carbons (Fsp3) is 0.364. The number of urea groups is 1. The number of carbonyl (C=O) groups is 1. The van der Waals surface area contributed by atoms with Crippen LogP contribution in [0.2, 0.25) is 0 Å². The number of hydrogen-bond donors (Lipinski definition) is 3. The van der Waals surface area contributed by atoms with Gasteiger partial charge in [-0.25, -0.2) is 14.8 Å². The van der Waals surface area contributed by atoms with Crippen LogP contribution in [0.15, 0.2) is 40.3 Å². The number of rotatable bonds is 6. The molecule has 1 aliphatic rings. The number of aromatic amines is 1. The minimum atomic E-state index is -0.845. The predicted octanol–water partition coefficient (Wildman–Crippen LogP) is 3.25. The van der Waals surface area contributed by atoms with Gasteiger partial charge in [-0.05, 0) is 44.1 Å². The lowest BCUT2D eigenvalue weighted by Gasteiger charge is -2.22. The number of aliphatic hydroxyl groups is 1. The topological polar surface area (TPSA) is 115 Å². The standard InChI is InChI=1S/C22H28N6O3/c1-22(2,30)10-13-28(3)21(29)27-20-25-18-16(7-8-17(31-4)19(18)26-20)15-6-5-11-23-14-24-12-9-15/h5-9,12,14,30H,10-11,13H2,1-4H3,(H2,25,26,27,29). The second kappa shape index (κ2) is 9.57. The molecule has 3 rings (SSSR count). The number of benzene rings is 1. The molecular weight excluding hydrogens is 396 g/mol. The Kier molecular flexibility index (Phi) is 6.86. The van der Waals surface area contributed by atoms with Crippen LogP contribution >= 0.6 is 0 Å². The molecule has 9 heteroatoms. The zero-order chi connectivity index (χ0) is 22.4. The largest absolute Gasteiger partial charge is 0.494 e. The molecule has 0 bridgehead atoms. The van der Waals surface area contributed by atoms with Gasteiger partial charge in [0.25, 0.3) is 0 Å². The third-order valence-electron chi connectivity index (χ3n) is 4.77. The van der Waals surface area contributed by atoms with Crippen molar-refractivity contribution in [2.45, 2.75) is 25.9 Å². The summed E-state index contributed by atoms with van der Waals surface area (Å²) in [5, 5.41) is 12.7. The van der Waals surface area contributed by atoms with Crippen LogP contribution in [0.25, 0.3) is 16.6 Å². The summed E-state index contributed by atoms with van der Waals surface area (Å²) in [5.41, 5.74) is 2.28. The molecule has 9 nitrogen and oxygen atoms in total. The second-order valence-electron chi connectivity index (χ2n) is 7.84. The summed E-state index contributed by atoms with van der Waals surface area (Å²) in [6.07, 6.45) is 9.45. The first kappa shape index (κ1) is 22.2. The number of anilines is 1. The average Bonchev–Trinajstić information content (AvgIpc) is 3.19. The van der Waals surface area contributed by atoms with Crippen LogP contribution in [-0.2, 0) is 0 Å². The summed E-state index contributed by atoms with van der Waals surface area (Å²) in [7, 11) is 3.26. The van der Waals surface area contributed by atoms with Crippen molar-refractivity contribution in [3.8, 4) is 5.75 Å². The van der Waals surface area contributed by atoms with Gasteiger partial charge in [0.05, 0.1) is 19.3 Å². The van der Waals surface area contributed by atoms with E-state index in [4.69, 9.17) is 4.74 Å². The van der Waals surface area contributed by atoms with Gasteiger partial charge >= 0.3 is 6.03 Å². The number of aromatic nitrogens is 2. The quantitative estimate of drug-likeness (QED) is 0.660. The molecule has 2 heterocycles. The summed E-state index contributed by atoms with van der Waals surface area (Å²) >= 11 is 0. The Balaban J connectivity index is 1.91. The first-order valence-electron chi connectivity index (χ1n) is 9.98. The van der Waals surface area contributed by atoms with E-state index in [1.807, 2.05) is 30.4 Å². The average molecular weight is 425 g/mol. The molecule has 164 valence electrons. The molecule has 0 spiro atoms. The number of imidazole rings is 1. The number of amides is 2. The number of H-pyrrole nitrogens is 1. The zero-order valence-corrected chi connectivity index (χ0v) is 18.2. The first-order valence-corrected chi connectivity index (χ1v) is 9.98. The van der Waals surface area contributed by atoms with Crippen LogP contribution in [0, 0.1) is 0 Å². The number of carbonyl (C=O) groups excluding carboxylic acids is 1. The fourth-order valence-corrected chi connectivity index (χ4v) is 3.00. The van der Waals surface area contributed by atoms with E-state index in [0.29, 0.717) is 42.2 Å². The molecular formula is C22H28N6O3. The number of methoxy groups -OCH3 is 1. The van der Waals surface area contributed by atoms with Gasteiger partial charge < -0.3 is 19.7 Å². The van der Waals surface area contributed by atoms with Crippen LogP contribution < -0.4 is 10.1 Å². The van der Waals surface area contributed by atoms with Gasteiger partial charge in [-0.1, -0.05) is 12.2 Å². The lowest BCUT2D eigenvalue weighted by molar-refractivity contribution is 0.0643. The van der Waals surface area contributed by atoms with Crippen molar-refractivity contribution in [3.63, 3.8) is 0 Å². The number of ether oxygens (including phenoxy) is 1. The van der Waals surface area contributed by atoms with E-state index in [9.17, 15) is 9.90 Å². The molecule has 0 aliphatic carbocycles. The summed E-state index contributed by atoms with van der Waals surface area (Å²) in [5.74, 6) is 0.928. The highest BCUT2D eigenvalue weighted by molar-refractivity contribution is 6.01. The molecule has 0 radical (unpaired) electrons. The van der Waals surface area contributed by atoms with Gasteiger partial charge in [0.15, 0.2) is 0 Å². The maximum absolute atomic E-state index is 12.6. The highest BCUT2D eigenvalue weighted by Crippen LogP contribution is 2.32. The Morgan fingerprint density at radius 2 is 2.19 bits per heavy atom. The highest BCUT2D eigenvalue weighted by atomic mass is 16.5. The third kappa shape index (κ3) is 5.79. The molecule has 1 aliphatic heterocycles. The second-order valence-corrected chi connectivity index (χ2v) is 7.84. The third-order valence-corrected chi connectivity index (χ3v) is 4.77. The molecule has 31 heavy (non-hydrogen) atoms. The van der Waals surface area contributed by atoms with E-state index in [1.54, 1.807) is 34.2 Å². The molecule has 0 unspecified atom stereocenters.